The molecule has 2 rings (SSSR count). The van der Waals surface area contributed by atoms with Crippen LogP contribution in [0.4, 0.5) is 0 Å². The van der Waals surface area contributed by atoms with Gasteiger partial charge in [0.2, 0.25) is 0 Å². The van der Waals surface area contributed by atoms with Crippen LogP contribution in [0.25, 0.3) is 0 Å². The molecular weight excluding hydrogens is 216 g/mol. The summed E-state index contributed by atoms with van der Waals surface area (Å²) in [5.74, 6) is 6.44. The maximum absolute atomic E-state index is 5.39. The molecule has 4 heteroatoms. The molecule has 2 fully saturated rings. The minimum atomic E-state index is -0.0552. The van der Waals surface area contributed by atoms with Crippen molar-refractivity contribution in [2.75, 3.05) is 53.0 Å². The lowest BCUT2D eigenvalue weighted by molar-refractivity contribution is -0.0564. The normalized spacial score (nSPS) is 22.0. The zero-order valence-corrected chi connectivity index (χ0v) is 10.7. The smallest absolute Gasteiger partial charge is 0.170 e. The van der Waals surface area contributed by atoms with Gasteiger partial charge in [-0.3, -0.25) is 9.80 Å². The first-order valence-corrected chi connectivity index (χ1v) is 6.44. The largest absolute Gasteiger partial charge is 0.349 e. The van der Waals surface area contributed by atoms with E-state index >= 15 is 0 Å². The minimum absolute atomic E-state index is 0.0552. The Hall–Kier alpha value is -0.600. The molecule has 0 aliphatic carbocycles. The number of nitrogens with zero attached hydrogens (tertiary/aromatic N) is 2. The summed E-state index contributed by atoms with van der Waals surface area (Å²) in [6, 6.07) is 0. The average Bonchev–Trinajstić information content (AvgIpc) is 2.96. The van der Waals surface area contributed by atoms with E-state index in [-0.39, 0.29) is 6.29 Å². The summed E-state index contributed by atoms with van der Waals surface area (Å²) in [4.78, 5) is 4.56. The Morgan fingerprint density at radius 1 is 1.18 bits per heavy atom. The fourth-order valence-corrected chi connectivity index (χ4v) is 2.13. The fourth-order valence-electron chi connectivity index (χ4n) is 2.13. The topological polar surface area (TPSA) is 24.9 Å². The van der Waals surface area contributed by atoms with Crippen LogP contribution < -0.4 is 0 Å². The Balaban J connectivity index is 1.58. The Morgan fingerprint density at radius 3 is 2.59 bits per heavy atom. The molecule has 0 unspecified atom stereocenters. The molecular formula is C13H22N2O2. The third-order valence-electron chi connectivity index (χ3n) is 3.13. The number of likely N-dealkylation sites (N-methyl/N-ethyl adjacent to an activating group) is 1. The van der Waals surface area contributed by atoms with Gasteiger partial charge in [-0.15, -0.1) is 0 Å². The third-order valence-corrected chi connectivity index (χ3v) is 3.13. The minimum Gasteiger partial charge on any atom is -0.349 e. The number of ether oxygens (including phenoxy) is 2. The van der Waals surface area contributed by atoms with Crippen LogP contribution in [0.5, 0.6) is 0 Å². The van der Waals surface area contributed by atoms with Gasteiger partial charge in [-0.1, -0.05) is 11.8 Å². The lowest BCUT2D eigenvalue weighted by atomic mass is 10.4. The molecule has 0 bridgehead atoms. The van der Waals surface area contributed by atoms with Gasteiger partial charge in [0.05, 0.1) is 32.8 Å². The first kappa shape index (κ1) is 12.8. The van der Waals surface area contributed by atoms with Crippen LogP contribution in [-0.2, 0) is 9.47 Å². The van der Waals surface area contributed by atoms with E-state index in [0.29, 0.717) is 0 Å². The van der Waals surface area contributed by atoms with Gasteiger partial charge >= 0.3 is 0 Å². The van der Waals surface area contributed by atoms with E-state index in [1.54, 1.807) is 0 Å². The summed E-state index contributed by atoms with van der Waals surface area (Å²) in [5, 5.41) is 0. The highest BCUT2D eigenvalue weighted by atomic mass is 16.7. The number of hydrogen-bond acceptors (Lipinski definition) is 4. The van der Waals surface area contributed by atoms with Gasteiger partial charge in [-0.2, -0.15) is 0 Å². The average molecular weight is 238 g/mol. The summed E-state index contributed by atoms with van der Waals surface area (Å²) in [7, 11) is 2.05. The molecule has 2 heterocycles. The molecule has 0 atom stereocenters. The molecule has 4 nitrogen and oxygen atoms in total. The van der Waals surface area contributed by atoms with Crippen LogP contribution in [0.3, 0.4) is 0 Å². The summed E-state index contributed by atoms with van der Waals surface area (Å²) < 4.78 is 10.8. The molecule has 2 aliphatic heterocycles. The molecule has 0 N–H and O–H groups in total. The van der Waals surface area contributed by atoms with E-state index in [9.17, 15) is 0 Å². The monoisotopic (exact) mass is 238 g/mol. The van der Waals surface area contributed by atoms with Crippen molar-refractivity contribution in [3.05, 3.63) is 0 Å². The van der Waals surface area contributed by atoms with Crippen LogP contribution in [-0.4, -0.2) is 69.1 Å². The van der Waals surface area contributed by atoms with Gasteiger partial charge in [0.15, 0.2) is 6.29 Å². The van der Waals surface area contributed by atoms with Crippen LogP contribution >= 0.6 is 0 Å². The van der Waals surface area contributed by atoms with Crippen LogP contribution in [0.2, 0.25) is 0 Å². The van der Waals surface area contributed by atoms with E-state index in [2.05, 4.69) is 28.7 Å². The highest BCUT2D eigenvalue weighted by Gasteiger charge is 2.17. The van der Waals surface area contributed by atoms with Crippen molar-refractivity contribution >= 4 is 0 Å². The number of hydrogen-bond donors (Lipinski definition) is 0. The van der Waals surface area contributed by atoms with Gasteiger partial charge in [0, 0.05) is 0 Å². The van der Waals surface area contributed by atoms with Crippen molar-refractivity contribution in [1.29, 1.82) is 0 Å². The maximum atomic E-state index is 5.39. The van der Waals surface area contributed by atoms with E-state index in [1.807, 2.05) is 0 Å². The zero-order valence-electron chi connectivity index (χ0n) is 10.7. The molecule has 17 heavy (non-hydrogen) atoms. The highest BCUT2D eigenvalue weighted by Crippen LogP contribution is 2.05. The molecule has 0 radical (unpaired) electrons. The van der Waals surface area contributed by atoms with E-state index in [1.165, 1.54) is 25.9 Å². The van der Waals surface area contributed by atoms with Gasteiger partial charge < -0.3 is 9.47 Å². The lowest BCUT2D eigenvalue weighted by Gasteiger charge is -2.17. The molecule has 2 saturated heterocycles. The van der Waals surface area contributed by atoms with Gasteiger partial charge in [0.1, 0.15) is 0 Å². The summed E-state index contributed by atoms with van der Waals surface area (Å²) in [6.45, 7) is 6.39. The van der Waals surface area contributed by atoms with Crippen molar-refractivity contribution in [3.8, 4) is 11.8 Å². The predicted molar refractivity (Wildman–Crippen MR) is 66.6 cm³/mol. The Bertz CT molecular complexity index is 273. The molecule has 0 aromatic carbocycles. The van der Waals surface area contributed by atoms with E-state index < -0.39 is 0 Å². The van der Waals surface area contributed by atoms with Gasteiger partial charge in [-0.25, -0.2) is 0 Å². The van der Waals surface area contributed by atoms with Crippen molar-refractivity contribution in [1.82, 2.24) is 9.80 Å². The fraction of sp³-hybridized carbons (Fsp3) is 0.846. The van der Waals surface area contributed by atoms with Crippen LogP contribution in [0.15, 0.2) is 0 Å². The number of likely N-dealkylation sites (tertiary alicyclic amines) is 1. The van der Waals surface area contributed by atoms with Crippen LogP contribution in [0.1, 0.15) is 12.8 Å². The Kier molecular flexibility index (Phi) is 5.27. The van der Waals surface area contributed by atoms with Crippen molar-refractivity contribution < 1.29 is 9.47 Å². The summed E-state index contributed by atoms with van der Waals surface area (Å²) in [6.07, 6.45) is 2.61. The van der Waals surface area contributed by atoms with E-state index in [4.69, 9.17) is 9.47 Å². The van der Waals surface area contributed by atoms with Gasteiger partial charge in [-0.05, 0) is 33.0 Å². The maximum Gasteiger partial charge on any atom is 0.170 e. The SMILES string of the molecule is CN(CC#CCN1CCCC1)CC1OCCO1. The first-order chi connectivity index (χ1) is 8.34. The van der Waals surface area contributed by atoms with Crippen LogP contribution in [0, 0.1) is 11.8 Å². The standard InChI is InChI=1S/C13H22N2O2/c1-14(12-13-16-10-11-17-13)6-2-3-7-15-8-4-5-9-15/h13H,4-12H2,1H3. The molecule has 0 spiro atoms. The molecule has 0 aromatic rings. The molecule has 0 saturated carbocycles. The first-order valence-electron chi connectivity index (χ1n) is 6.44. The summed E-state index contributed by atoms with van der Waals surface area (Å²) >= 11 is 0. The highest BCUT2D eigenvalue weighted by molar-refractivity contribution is 5.03. The predicted octanol–water partition coefficient (Wildman–Crippen LogP) is 0.390. The quantitative estimate of drug-likeness (QED) is 0.662. The summed E-state index contributed by atoms with van der Waals surface area (Å²) in [5.41, 5.74) is 0. The van der Waals surface area contributed by atoms with Gasteiger partial charge in [0.25, 0.3) is 0 Å². The molecule has 2 aliphatic rings. The second-order valence-electron chi connectivity index (χ2n) is 4.70. The molecule has 0 aromatic heterocycles. The second-order valence-corrected chi connectivity index (χ2v) is 4.70. The van der Waals surface area contributed by atoms with Crippen molar-refractivity contribution in [2.24, 2.45) is 0 Å². The Morgan fingerprint density at radius 2 is 1.88 bits per heavy atom. The zero-order chi connectivity index (χ0) is 11.9. The molecule has 0 amide bonds. The lowest BCUT2D eigenvalue weighted by Crippen LogP contribution is -2.30. The molecule has 96 valence electrons. The van der Waals surface area contributed by atoms with E-state index in [0.717, 1.165) is 32.8 Å². The van der Waals surface area contributed by atoms with Crippen molar-refractivity contribution in [2.45, 2.75) is 19.1 Å². The second kappa shape index (κ2) is 6.97. The Labute approximate surface area is 104 Å². The van der Waals surface area contributed by atoms with Crippen molar-refractivity contribution in [3.63, 3.8) is 0 Å². The third kappa shape index (κ3) is 4.64. The number of rotatable bonds is 4.